The van der Waals surface area contributed by atoms with Gasteiger partial charge in [0.1, 0.15) is 5.54 Å². The Kier molecular flexibility index (Phi) is 5.90. The molecule has 4 heteroatoms. The first kappa shape index (κ1) is 14.4. The lowest BCUT2D eigenvalue weighted by Gasteiger charge is -2.22. The van der Waals surface area contributed by atoms with Crippen molar-refractivity contribution < 1.29 is 4.74 Å². The van der Waals surface area contributed by atoms with Gasteiger partial charge < -0.3 is 15.4 Å². The second kappa shape index (κ2) is 6.95. The molecule has 2 atom stereocenters. The van der Waals surface area contributed by atoms with Crippen LogP contribution in [-0.4, -0.2) is 42.8 Å². The van der Waals surface area contributed by atoms with E-state index in [1.807, 2.05) is 0 Å². The standard InChI is InChI=1S/C13H25N3O/c1-12-10-16(8-5-9-17-12)7-4-3-6-13(2,15)11-14/h12H,3-10,15H2,1-2H3. The third kappa shape index (κ3) is 6.02. The van der Waals surface area contributed by atoms with Crippen LogP contribution in [0.5, 0.6) is 0 Å². The van der Waals surface area contributed by atoms with Crippen molar-refractivity contribution in [1.29, 1.82) is 5.26 Å². The summed E-state index contributed by atoms with van der Waals surface area (Å²) < 4.78 is 5.61. The van der Waals surface area contributed by atoms with Crippen LogP contribution in [0.15, 0.2) is 0 Å². The molecule has 2 unspecified atom stereocenters. The summed E-state index contributed by atoms with van der Waals surface area (Å²) in [5.74, 6) is 0. The van der Waals surface area contributed by atoms with E-state index in [2.05, 4.69) is 17.9 Å². The number of ether oxygens (including phenoxy) is 1. The summed E-state index contributed by atoms with van der Waals surface area (Å²) in [4.78, 5) is 2.46. The van der Waals surface area contributed by atoms with E-state index in [1.54, 1.807) is 6.92 Å². The molecule has 17 heavy (non-hydrogen) atoms. The molecule has 98 valence electrons. The zero-order valence-electron chi connectivity index (χ0n) is 11.1. The van der Waals surface area contributed by atoms with Crippen molar-refractivity contribution in [2.24, 2.45) is 5.73 Å². The van der Waals surface area contributed by atoms with E-state index in [-0.39, 0.29) is 0 Å². The molecule has 0 aliphatic carbocycles. The summed E-state index contributed by atoms with van der Waals surface area (Å²) in [6, 6.07) is 2.14. The number of hydrogen-bond acceptors (Lipinski definition) is 4. The molecule has 0 saturated carbocycles. The maximum Gasteiger partial charge on any atom is 0.101 e. The number of nitriles is 1. The summed E-state index contributed by atoms with van der Waals surface area (Å²) in [5.41, 5.74) is 5.13. The number of nitrogens with zero attached hydrogens (tertiary/aromatic N) is 2. The lowest BCUT2D eigenvalue weighted by atomic mass is 9.98. The van der Waals surface area contributed by atoms with Gasteiger partial charge in [0.25, 0.3) is 0 Å². The van der Waals surface area contributed by atoms with E-state index in [4.69, 9.17) is 15.7 Å². The van der Waals surface area contributed by atoms with Gasteiger partial charge in [-0.1, -0.05) is 0 Å². The summed E-state index contributed by atoms with van der Waals surface area (Å²) in [6.45, 7) is 8.06. The molecule has 1 aliphatic heterocycles. The average molecular weight is 239 g/mol. The maximum absolute atomic E-state index is 8.81. The van der Waals surface area contributed by atoms with E-state index >= 15 is 0 Å². The van der Waals surface area contributed by atoms with Crippen LogP contribution in [0.25, 0.3) is 0 Å². The Morgan fingerprint density at radius 3 is 3.00 bits per heavy atom. The molecule has 0 spiro atoms. The van der Waals surface area contributed by atoms with Crippen LogP contribution in [0.4, 0.5) is 0 Å². The Labute approximate surface area is 105 Å². The highest BCUT2D eigenvalue weighted by molar-refractivity contribution is 5.00. The van der Waals surface area contributed by atoms with Gasteiger partial charge in [0.05, 0.1) is 12.2 Å². The second-order valence-electron chi connectivity index (χ2n) is 5.32. The third-order valence-corrected chi connectivity index (χ3v) is 3.21. The van der Waals surface area contributed by atoms with Crippen LogP contribution >= 0.6 is 0 Å². The van der Waals surface area contributed by atoms with Crippen LogP contribution in [0.2, 0.25) is 0 Å². The topological polar surface area (TPSA) is 62.3 Å². The molecular weight excluding hydrogens is 214 g/mol. The van der Waals surface area contributed by atoms with Crippen LogP contribution in [0.1, 0.15) is 39.5 Å². The van der Waals surface area contributed by atoms with Crippen molar-refractivity contribution in [3.05, 3.63) is 0 Å². The molecule has 2 N–H and O–H groups in total. The van der Waals surface area contributed by atoms with Gasteiger partial charge >= 0.3 is 0 Å². The van der Waals surface area contributed by atoms with Crippen molar-refractivity contribution >= 4 is 0 Å². The van der Waals surface area contributed by atoms with Gasteiger partial charge in [0.15, 0.2) is 0 Å². The highest BCUT2D eigenvalue weighted by Crippen LogP contribution is 2.11. The third-order valence-electron chi connectivity index (χ3n) is 3.21. The largest absolute Gasteiger partial charge is 0.377 e. The highest BCUT2D eigenvalue weighted by atomic mass is 16.5. The predicted octanol–water partition coefficient (Wildman–Crippen LogP) is 1.51. The second-order valence-corrected chi connectivity index (χ2v) is 5.32. The maximum atomic E-state index is 8.81. The van der Waals surface area contributed by atoms with E-state index in [0.717, 1.165) is 51.9 Å². The number of nitrogens with two attached hydrogens (primary N) is 1. The van der Waals surface area contributed by atoms with Gasteiger partial charge in [-0.25, -0.2) is 0 Å². The molecule has 0 bridgehead atoms. The van der Waals surface area contributed by atoms with Gasteiger partial charge in [-0.3, -0.25) is 0 Å². The van der Waals surface area contributed by atoms with Gasteiger partial charge in [0.2, 0.25) is 0 Å². The van der Waals surface area contributed by atoms with Crippen LogP contribution in [0.3, 0.4) is 0 Å². The average Bonchev–Trinajstić information content (AvgIpc) is 2.49. The molecule has 1 fully saturated rings. The minimum Gasteiger partial charge on any atom is -0.377 e. The van der Waals surface area contributed by atoms with Crippen LogP contribution in [0, 0.1) is 11.3 Å². The first-order valence-electron chi connectivity index (χ1n) is 6.57. The Balaban J connectivity index is 2.15. The number of rotatable bonds is 5. The van der Waals surface area contributed by atoms with E-state index < -0.39 is 5.54 Å². The van der Waals surface area contributed by atoms with Gasteiger partial charge in [0, 0.05) is 19.7 Å². The van der Waals surface area contributed by atoms with Gasteiger partial charge in [-0.05, 0) is 46.1 Å². The molecule has 0 aromatic heterocycles. The smallest absolute Gasteiger partial charge is 0.101 e. The lowest BCUT2D eigenvalue weighted by molar-refractivity contribution is 0.0675. The SMILES string of the molecule is CC1CN(CCCCC(C)(N)C#N)CCCO1. The first-order valence-corrected chi connectivity index (χ1v) is 6.57. The van der Waals surface area contributed by atoms with Gasteiger partial charge in [-0.15, -0.1) is 0 Å². The first-order chi connectivity index (χ1) is 8.03. The molecule has 0 aromatic carbocycles. The normalized spacial score (nSPS) is 25.9. The predicted molar refractivity (Wildman–Crippen MR) is 68.5 cm³/mol. The van der Waals surface area contributed by atoms with Gasteiger partial charge in [-0.2, -0.15) is 5.26 Å². The van der Waals surface area contributed by atoms with E-state index in [1.165, 1.54) is 0 Å². The molecule has 1 saturated heterocycles. The molecule has 0 radical (unpaired) electrons. The summed E-state index contributed by atoms with van der Waals surface area (Å²) >= 11 is 0. The minimum atomic E-state index is -0.658. The Morgan fingerprint density at radius 1 is 1.53 bits per heavy atom. The molecule has 4 nitrogen and oxygen atoms in total. The Morgan fingerprint density at radius 2 is 2.29 bits per heavy atom. The highest BCUT2D eigenvalue weighted by Gasteiger charge is 2.17. The lowest BCUT2D eigenvalue weighted by Crippen LogP contribution is -2.34. The fraction of sp³-hybridized carbons (Fsp3) is 0.923. The number of hydrogen-bond donors (Lipinski definition) is 1. The summed E-state index contributed by atoms with van der Waals surface area (Å²) in [5, 5.41) is 8.81. The van der Waals surface area contributed by atoms with Crippen molar-refractivity contribution in [2.45, 2.75) is 51.2 Å². The van der Waals surface area contributed by atoms with E-state index in [9.17, 15) is 0 Å². The molecule has 1 rings (SSSR count). The zero-order valence-corrected chi connectivity index (χ0v) is 11.1. The van der Waals surface area contributed by atoms with Crippen molar-refractivity contribution in [3.8, 4) is 6.07 Å². The quantitative estimate of drug-likeness (QED) is 0.739. The summed E-state index contributed by atoms with van der Waals surface area (Å²) in [6.07, 6.45) is 4.38. The van der Waals surface area contributed by atoms with Crippen molar-refractivity contribution in [3.63, 3.8) is 0 Å². The van der Waals surface area contributed by atoms with Crippen molar-refractivity contribution in [1.82, 2.24) is 4.90 Å². The number of unbranched alkanes of at least 4 members (excludes halogenated alkanes) is 1. The zero-order chi connectivity index (χ0) is 12.7. The minimum absolute atomic E-state index is 0.344. The molecule has 0 amide bonds. The molecule has 1 aliphatic rings. The fourth-order valence-electron chi connectivity index (χ4n) is 2.17. The van der Waals surface area contributed by atoms with Crippen LogP contribution < -0.4 is 5.73 Å². The molecule has 1 heterocycles. The van der Waals surface area contributed by atoms with E-state index in [0.29, 0.717) is 6.10 Å². The fourth-order valence-corrected chi connectivity index (χ4v) is 2.17. The Hall–Kier alpha value is -0.630. The molecule has 0 aromatic rings. The van der Waals surface area contributed by atoms with Crippen molar-refractivity contribution in [2.75, 3.05) is 26.2 Å². The molecular formula is C13H25N3O. The van der Waals surface area contributed by atoms with Crippen LogP contribution in [-0.2, 0) is 4.74 Å². The monoisotopic (exact) mass is 239 g/mol. The Bertz CT molecular complexity index is 260. The summed E-state index contributed by atoms with van der Waals surface area (Å²) in [7, 11) is 0.